The van der Waals surface area contributed by atoms with E-state index in [4.69, 9.17) is 5.73 Å². The minimum absolute atomic E-state index is 0.0732. The Morgan fingerprint density at radius 3 is 2.80 bits per heavy atom. The van der Waals surface area contributed by atoms with Crippen LogP contribution < -0.4 is 5.73 Å². The number of carbonyl (C=O) groups excluding carboxylic acids is 1. The van der Waals surface area contributed by atoms with Crippen LogP contribution in [0.2, 0.25) is 0 Å². The standard InChI is InChI=1S/C21H27N3O/c1-14-9-10-17(19-8-4-7-16(3)23-19)18(12-14)21(25)24-11-5-6-15(2)20(24)13-22/h4,7-10,12,15,20H,5-6,11,13,22H2,1-3H3/t15-,20?/m1/s1. The molecule has 2 heterocycles. The van der Waals surface area contributed by atoms with Crippen LogP contribution >= 0.6 is 0 Å². The molecule has 1 unspecified atom stereocenters. The lowest BCUT2D eigenvalue weighted by Gasteiger charge is -2.39. The molecule has 1 amide bonds. The summed E-state index contributed by atoms with van der Waals surface area (Å²) in [5.74, 6) is 0.511. The van der Waals surface area contributed by atoms with E-state index in [1.807, 2.05) is 55.1 Å². The van der Waals surface area contributed by atoms with Crippen molar-refractivity contribution >= 4 is 5.91 Å². The van der Waals surface area contributed by atoms with Gasteiger partial charge in [0.25, 0.3) is 5.91 Å². The minimum atomic E-state index is 0.0732. The van der Waals surface area contributed by atoms with Gasteiger partial charge in [0.05, 0.1) is 5.69 Å². The summed E-state index contributed by atoms with van der Waals surface area (Å²) in [6.45, 7) is 7.46. The first-order chi connectivity index (χ1) is 12.0. The van der Waals surface area contributed by atoms with Crippen LogP contribution in [-0.4, -0.2) is 34.9 Å². The number of hydrogen-bond acceptors (Lipinski definition) is 3. The van der Waals surface area contributed by atoms with Crippen LogP contribution in [0.5, 0.6) is 0 Å². The molecule has 0 saturated carbocycles. The van der Waals surface area contributed by atoms with Gasteiger partial charge in [-0.05, 0) is 50.8 Å². The van der Waals surface area contributed by atoms with Crippen LogP contribution in [-0.2, 0) is 0 Å². The van der Waals surface area contributed by atoms with E-state index in [0.29, 0.717) is 12.5 Å². The number of aromatic nitrogens is 1. The lowest BCUT2D eigenvalue weighted by Crippen LogP contribution is -2.51. The van der Waals surface area contributed by atoms with Crippen molar-refractivity contribution < 1.29 is 4.79 Å². The van der Waals surface area contributed by atoms with Crippen LogP contribution in [0, 0.1) is 19.8 Å². The van der Waals surface area contributed by atoms with Crippen molar-refractivity contribution in [3.8, 4) is 11.3 Å². The van der Waals surface area contributed by atoms with Gasteiger partial charge in [-0.15, -0.1) is 0 Å². The predicted molar refractivity (Wildman–Crippen MR) is 101 cm³/mol. The topological polar surface area (TPSA) is 59.2 Å². The normalized spacial score (nSPS) is 20.6. The number of pyridine rings is 1. The van der Waals surface area contributed by atoms with E-state index in [2.05, 4.69) is 11.9 Å². The molecule has 3 rings (SSSR count). The first kappa shape index (κ1) is 17.6. The molecular formula is C21H27N3O. The smallest absolute Gasteiger partial charge is 0.254 e. The number of likely N-dealkylation sites (tertiary alicyclic amines) is 1. The van der Waals surface area contributed by atoms with E-state index in [1.54, 1.807) is 0 Å². The summed E-state index contributed by atoms with van der Waals surface area (Å²) in [5, 5.41) is 0. The highest BCUT2D eigenvalue weighted by Gasteiger charge is 2.32. The van der Waals surface area contributed by atoms with Gasteiger partial charge in [0.15, 0.2) is 0 Å². The largest absolute Gasteiger partial charge is 0.334 e. The summed E-state index contributed by atoms with van der Waals surface area (Å²) in [7, 11) is 0. The van der Waals surface area contributed by atoms with Gasteiger partial charge < -0.3 is 10.6 Å². The van der Waals surface area contributed by atoms with Gasteiger partial charge in [-0.25, -0.2) is 0 Å². The second-order valence-electron chi connectivity index (χ2n) is 7.13. The van der Waals surface area contributed by atoms with Crippen LogP contribution in [0.3, 0.4) is 0 Å². The molecular weight excluding hydrogens is 310 g/mol. The maximum absolute atomic E-state index is 13.4. The fraction of sp³-hybridized carbons (Fsp3) is 0.429. The zero-order valence-electron chi connectivity index (χ0n) is 15.3. The second kappa shape index (κ2) is 7.36. The zero-order valence-corrected chi connectivity index (χ0v) is 15.3. The monoisotopic (exact) mass is 337 g/mol. The van der Waals surface area contributed by atoms with Gasteiger partial charge in [0, 0.05) is 36.0 Å². The first-order valence-electron chi connectivity index (χ1n) is 9.07. The number of rotatable bonds is 3. The average Bonchev–Trinajstić information content (AvgIpc) is 2.60. The summed E-state index contributed by atoms with van der Waals surface area (Å²) in [6, 6.07) is 12.1. The van der Waals surface area contributed by atoms with E-state index in [0.717, 1.165) is 47.5 Å². The molecule has 4 nitrogen and oxygen atoms in total. The van der Waals surface area contributed by atoms with Crippen LogP contribution in [0.1, 0.15) is 41.4 Å². The molecule has 2 N–H and O–H groups in total. The number of amides is 1. The third-order valence-electron chi connectivity index (χ3n) is 5.19. The van der Waals surface area contributed by atoms with Crippen molar-refractivity contribution in [3.05, 3.63) is 53.2 Å². The van der Waals surface area contributed by atoms with Gasteiger partial charge in [0.1, 0.15) is 0 Å². The van der Waals surface area contributed by atoms with Crippen molar-refractivity contribution in [2.45, 2.75) is 39.7 Å². The molecule has 1 fully saturated rings. The van der Waals surface area contributed by atoms with Gasteiger partial charge in [-0.1, -0.05) is 30.7 Å². The molecule has 1 aromatic heterocycles. The number of benzene rings is 1. The molecule has 0 radical (unpaired) electrons. The second-order valence-corrected chi connectivity index (χ2v) is 7.13. The molecule has 2 atom stereocenters. The number of nitrogens with two attached hydrogens (primary N) is 1. The molecule has 132 valence electrons. The van der Waals surface area contributed by atoms with E-state index in [-0.39, 0.29) is 11.9 Å². The van der Waals surface area contributed by atoms with E-state index in [9.17, 15) is 4.79 Å². The van der Waals surface area contributed by atoms with Crippen molar-refractivity contribution in [2.24, 2.45) is 11.7 Å². The van der Waals surface area contributed by atoms with E-state index < -0.39 is 0 Å². The van der Waals surface area contributed by atoms with E-state index >= 15 is 0 Å². The fourth-order valence-corrected chi connectivity index (χ4v) is 3.77. The Morgan fingerprint density at radius 2 is 2.08 bits per heavy atom. The SMILES string of the molecule is Cc1ccc(-c2cccc(C)n2)c(C(=O)N2CCC[C@@H](C)C2CN)c1. The average molecular weight is 337 g/mol. The number of piperidine rings is 1. The highest BCUT2D eigenvalue weighted by molar-refractivity contribution is 6.01. The molecule has 1 aromatic carbocycles. The molecule has 1 aliphatic heterocycles. The maximum Gasteiger partial charge on any atom is 0.254 e. The summed E-state index contributed by atoms with van der Waals surface area (Å²) in [5.41, 5.74) is 10.5. The number of carbonyl (C=O) groups is 1. The summed E-state index contributed by atoms with van der Waals surface area (Å²) >= 11 is 0. The molecule has 2 aromatic rings. The molecule has 4 heteroatoms. The molecule has 0 bridgehead atoms. The lowest BCUT2D eigenvalue weighted by atomic mass is 9.89. The number of hydrogen-bond donors (Lipinski definition) is 1. The third-order valence-corrected chi connectivity index (χ3v) is 5.19. The minimum Gasteiger partial charge on any atom is -0.334 e. The Labute approximate surface area is 150 Å². The summed E-state index contributed by atoms with van der Waals surface area (Å²) in [4.78, 5) is 20.0. The number of aryl methyl sites for hydroxylation is 2. The Morgan fingerprint density at radius 1 is 1.28 bits per heavy atom. The van der Waals surface area contributed by atoms with Crippen LogP contribution in [0.15, 0.2) is 36.4 Å². The van der Waals surface area contributed by atoms with Gasteiger partial charge in [-0.2, -0.15) is 0 Å². The lowest BCUT2D eigenvalue weighted by molar-refractivity contribution is 0.0533. The van der Waals surface area contributed by atoms with Crippen molar-refractivity contribution in [3.63, 3.8) is 0 Å². The third kappa shape index (κ3) is 3.59. The van der Waals surface area contributed by atoms with E-state index in [1.165, 1.54) is 0 Å². The highest BCUT2D eigenvalue weighted by Crippen LogP contribution is 2.29. The fourth-order valence-electron chi connectivity index (χ4n) is 3.77. The Balaban J connectivity index is 2.04. The predicted octanol–water partition coefficient (Wildman–Crippen LogP) is 3.56. The van der Waals surface area contributed by atoms with Crippen molar-refractivity contribution in [2.75, 3.05) is 13.1 Å². The van der Waals surface area contributed by atoms with Gasteiger partial charge in [-0.3, -0.25) is 9.78 Å². The van der Waals surface area contributed by atoms with Crippen molar-refractivity contribution in [1.82, 2.24) is 9.88 Å². The van der Waals surface area contributed by atoms with Gasteiger partial charge >= 0.3 is 0 Å². The van der Waals surface area contributed by atoms with Crippen LogP contribution in [0.25, 0.3) is 11.3 Å². The molecule has 0 aliphatic carbocycles. The quantitative estimate of drug-likeness (QED) is 0.931. The first-order valence-corrected chi connectivity index (χ1v) is 9.07. The van der Waals surface area contributed by atoms with Gasteiger partial charge in [0.2, 0.25) is 0 Å². The summed E-state index contributed by atoms with van der Waals surface area (Å²) in [6.07, 6.45) is 2.17. The molecule has 25 heavy (non-hydrogen) atoms. The Kier molecular flexibility index (Phi) is 5.19. The molecule has 0 spiro atoms. The van der Waals surface area contributed by atoms with Crippen molar-refractivity contribution in [1.29, 1.82) is 0 Å². The Hall–Kier alpha value is -2.20. The summed E-state index contributed by atoms with van der Waals surface area (Å²) < 4.78 is 0. The Bertz CT molecular complexity index is 771. The van der Waals surface area contributed by atoms with Crippen LogP contribution in [0.4, 0.5) is 0 Å². The zero-order chi connectivity index (χ0) is 18.0. The molecule has 1 aliphatic rings. The number of nitrogens with zero attached hydrogens (tertiary/aromatic N) is 2. The highest BCUT2D eigenvalue weighted by atomic mass is 16.2. The molecule has 1 saturated heterocycles. The maximum atomic E-state index is 13.4.